The molecule has 0 aliphatic carbocycles. The minimum Gasteiger partial charge on any atom is -0.379 e. The first kappa shape index (κ1) is 17.6. The van der Waals surface area contributed by atoms with Gasteiger partial charge in [-0.15, -0.1) is 0 Å². The Balaban J connectivity index is 1.81. The fourth-order valence-electron chi connectivity index (χ4n) is 2.71. The van der Waals surface area contributed by atoms with Crippen molar-refractivity contribution >= 4 is 33.2 Å². The van der Waals surface area contributed by atoms with E-state index in [1.807, 2.05) is 0 Å². The summed E-state index contributed by atoms with van der Waals surface area (Å²) in [6.45, 7) is 1.84. The summed E-state index contributed by atoms with van der Waals surface area (Å²) in [5, 5.41) is 2.82. The molecule has 0 spiro atoms. The molecule has 2 aliphatic heterocycles. The van der Waals surface area contributed by atoms with Crippen molar-refractivity contribution in [1.82, 2.24) is 4.31 Å². The van der Waals surface area contributed by atoms with Crippen LogP contribution in [0, 0.1) is 0 Å². The highest BCUT2D eigenvalue weighted by atomic mass is 35.5. The molecule has 0 radical (unpaired) electrons. The van der Waals surface area contributed by atoms with Crippen LogP contribution in [0.2, 0.25) is 5.02 Å². The van der Waals surface area contributed by atoms with E-state index < -0.39 is 16.1 Å². The van der Waals surface area contributed by atoms with Crippen LogP contribution in [0.1, 0.15) is 12.8 Å². The number of halogens is 1. The lowest BCUT2D eigenvalue weighted by Crippen LogP contribution is -2.40. The fraction of sp³-hybridized carbons (Fsp3) is 0.533. The Morgan fingerprint density at radius 2 is 2.00 bits per heavy atom. The van der Waals surface area contributed by atoms with Crippen molar-refractivity contribution in [3.05, 3.63) is 23.2 Å². The summed E-state index contributed by atoms with van der Waals surface area (Å²) in [7, 11) is -3.73. The topological polar surface area (TPSA) is 84.9 Å². The molecule has 1 amide bonds. The summed E-state index contributed by atoms with van der Waals surface area (Å²) >= 11 is 6.09. The Morgan fingerprint density at radius 1 is 1.25 bits per heavy atom. The van der Waals surface area contributed by atoms with Crippen LogP contribution in [0.15, 0.2) is 23.1 Å². The second-order valence-electron chi connectivity index (χ2n) is 5.65. The SMILES string of the molecule is O=C(Nc1ccc(Cl)c(S(=O)(=O)N2CCOCC2)c1)[C@@H]1CCCO1. The number of hydrogen-bond acceptors (Lipinski definition) is 5. The summed E-state index contributed by atoms with van der Waals surface area (Å²) in [4.78, 5) is 12.1. The maximum Gasteiger partial charge on any atom is 0.253 e. The van der Waals surface area contributed by atoms with Gasteiger partial charge in [0.1, 0.15) is 11.0 Å². The Labute approximate surface area is 145 Å². The van der Waals surface area contributed by atoms with Gasteiger partial charge in [0.05, 0.1) is 18.2 Å². The minimum absolute atomic E-state index is 0.0174. The Bertz CT molecular complexity index is 713. The molecule has 2 saturated heterocycles. The number of anilines is 1. The third-order valence-corrected chi connectivity index (χ3v) is 6.39. The number of rotatable bonds is 4. The molecular weight excluding hydrogens is 356 g/mol. The maximum absolute atomic E-state index is 12.8. The average molecular weight is 375 g/mol. The summed E-state index contributed by atoms with van der Waals surface area (Å²) in [5.74, 6) is -0.274. The zero-order valence-electron chi connectivity index (χ0n) is 13.0. The van der Waals surface area contributed by atoms with Crippen LogP contribution < -0.4 is 5.32 Å². The Hall–Kier alpha value is -1.19. The van der Waals surface area contributed by atoms with Crippen LogP contribution >= 0.6 is 11.6 Å². The summed E-state index contributed by atoms with van der Waals surface area (Å²) in [6.07, 6.45) is 1.02. The molecule has 24 heavy (non-hydrogen) atoms. The van der Waals surface area contributed by atoms with E-state index in [4.69, 9.17) is 21.1 Å². The van der Waals surface area contributed by atoms with Gasteiger partial charge in [-0.2, -0.15) is 4.31 Å². The lowest BCUT2D eigenvalue weighted by molar-refractivity contribution is -0.124. The minimum atomic E-state index is -3.73. The number of carbonyl (C=O) groups is 1. The van der Waals surface area contributed by atoms with Gasteiger partial charge in [-0.05, 0) is 31.0 Å². The predicted molar refractivity (Wildman–Crippen MR) is 88.6 cm³/mol. The van der Waals surface area contributed by atoms with E-state index in [-0.39, 0.29) is 28.9 Å². The van der Waals surface area contributed by atoms with Gasteiger partial charge in [-0.1, -0.05) is 11.6 Å². The lowest BCUT2D eigenvalue weighted by atomic mass is 10.2. The van der Waals surface area contributed by atoms with E-state index in [0.29, 0.717) is 31.9 Å². The van der Waals surface area contributed by atoms with Crippen molar-refractivity contribution in [3.63, 3.8) is 0 Å². The van der Waals surface area contributed by atoms with E-state index >= 15 is 0 Å². The standard InChI is InChI=1S/C15H19ClN2O5S/c16-12-4-3-11(17-15(19)13-2-1-7-23-13)10-14(12)24(20,21)18-5-8-22-9-6-18/h3-4,10,13H,1-2,5-9H2,(H,17,19)/t13-/m0/s1. The van der Waals surface area contributed by atoms with Crippen molar-refractivity contribution in [1.29, 1.82) is 0 Å². The van der Waals surface area contributed by atoms with Gasteiger partial charge in [0, 0.05) is 25.4 Å². The molecular formula is C15H19ClN2O5S. The second kappa shape index (κ2) is 7.37. The molecule has 2 aliphatic rings. The number of carbonyl (C=O) groups excluding carboxylic acids is 1. The molecule has 0 aromatic heterocycles. The van der Waals surface area contributed by atoms with Gasteiger partial charge in [0.2, 0.25) is 10.0 Å². The molecule has 1 N–H and O–H groups in total. The lowest BCUT2D eigenvalue weighted by Gasteiger charge is -2.26. The highest BCUT2D eigenvalue weighted by Crippen LogP contribution is 2.28. The van der Waals surface area contributed by atoms with Gasteiger partial charge in [0.25, 0.3) is 5.91 Å². The average Bonchev–Trinajstić information content (AvgIpc) is 3.12. The van der Waals surface area contributed by atoms with Crippen molar-refractivity contribution in [2.45, 2.75) is 23.8 Å². The quantitative estimate of drug-likeness (QED) is 0.862. The summed E-state index contributed by atoms with van der Waals surface area (Å²) in [6, 6.07) is 4.44. The molecule has 132 valence electrons. The first-order valence-corrected chi connectivity index (χ1v) is 9.60. The van der Waals surface area contributed by atoms with Crippen LogP contribution in [-0.4, -0.2) is 57.6 Å². The van der Waals surface area contributed by atoms with Gasteiger partial charge in [0.15, 0.2) is 0 Å². The third-order valence-electron chi connectivity index (χ3n) is 4.01. The van der Waals surface area contributed by atoms with E-state index in [9.17, 15) is 13.2 Å². The molecule has 2 heterocycles. The fourth-order valence-corrected chi connectivity index (χ4v) is 4.62. The molecule has 7 nitrogen and oxygen atoms in total. The predicted octanol–water partition coefficient (Wildman–Crippen LogP) is 1.48. The van der Waals surface area contributed by atoms with Crippen LogP contribution in [-0.2, 0) is 24.3 Å². The van der Waals surface area contributed by atoms with Gasteiger partial charge in [-0.25, -0.2) is 8.42 Å². The number of benzene rings is 1. The molecule has 3 rings (SSSR count). The van der Waals surface area contributed by atoms with Gasteiger partial charge >= 0.3 is 0 Å². The molecule has 0 bridgehead atoms. The normalized spacial score (nSPS) is 22.5. The maximum atomic E-state index is 12.8. The molecule has 9 heteroatoms. The van der Waals surface area contributed by atoms with Crippen LogP contribution in [0.5, 0.6) is 0 Å². The van der Waals surface area contributed by atoms with Crippen molar-refractivity contribution in [3.8, 4) is 0 Å². The van der Waals surface area contributed by atoms with Crippen molar-refractivity contribution < 1.29 is 22.7 Å². The highest BCUT2D eigenvalue weighted by molar-refractivity contribution is 7.89. The van der Waals surface area contributed by atoms with Crippen molar-refractivity contribution in [2.24, 2.45) is 0 Å². The molecule has 1 aromatic rings. The van der Waals surface area contributed by atoms with E-state index in [2.05, 4.69) is 5.32 Å². The number of hydrogen-bond donors (Lipinski definition) is 1. The number of nitrogens with zero attached hydrogens (tertiary/aromatic N) is 1. The monoisotopic (exact) mass is 374 g/mol. The smallest absolute Gasteiger partial charge is 0.253 e. The largest absolute Gasteiger partial charge is 0.379 e. The van der Waals surface area contributed by atoms with E-state index in [0.717, 1.165) is 6.42 Å². The van der Waals surface area contributed by atoms with E-state index in [1.165, 1.54) is 16.4 Å². The first-order valence-electron chi connectivity index (χ1n) is 7.78. The second-order valence-corrected chi connectivity index (χ2v) is 7.97. The number of nitrogens with one attached hydrogen (secondary N) is 1. The van der Waals surface area contributed by atoms with Crippen molar-refractivity contribution in [2.75, 3.05) is 38.2 Å². The molecule has 0 unspecified atom stereocenters. The number of amides is 1. The summed E-state index contributed by atoms with van der Waals surface area (Å²) in [5.41, 5.74) is 0.381. The van der Waals surface area contributed by atoms with Crippen LogP contribution in [0.25, 0.3) is 0 Å². The highest BCUT2D eigenvalue weighted by Gasteiger charge is 2.29. The molecule has 2 fully saturated rings. The summed E-state index contributed by atoms with van der Waals surface area (Å²) < 4.78 is 37.3. The zero-order valence-corrected chi connectivity index (χ0v) is 14.6. The molecule has 1 atom stereocenters. The Morgan fingerprint density at radius 3 is 2.67 bits per heavy atom. The van der Waals surface area contributed by atoms with Crippen LogP contribution in [0.4, 0.5) is 5.69 Å². The number of morpholine rings is 1. The first-order chi connectivity index (χ1) is 11.5. The Kier molecular flexibility index (Phi) is 5.41. The zero-order chi connectivity index (χ0) is 17.2. The molecule has 1 aromatic carbocycles. The third kappa shape index (κ3) is 3.73. The number of ether oxygens (including phenoxy) is 2. The van der Waals surface area contributed by atoms with Crippen LogP contribution in [0.3, 0.4) is 0 Å². The van der Waals surface area contributed by atoms with Gasteiger partial charge in [-0.3, -0.25) is 4.79 Å². The number of sulfonamides is 1. The van der Waals surface area contributed by atoms with E-state index in [1.54, 1.807) is 6.07 Å². The molecule has 0 saturated carbocycles. The van der Waals surface area contributed by atoms with Gasteiger partial charge < -0.3 is 14.8 Å².